The van der Waals surface area contributed by atoms with E-state index < -0.39 is 10.9 Å². The maximum Gasteiger partial charge on any atom is 0.306 e. The summed E-state index contributed by atoms with van der Waals surface area (Å²) in [4.78, 5) is 21.4. The average Bonchev–Trinajstić information content (AvgIpc) is 2.80. The van der Waals surface area contributed by atoms with Gasteiger partial charge in [0.25, 0.3) is 5.69 Å². The van der Waals surface area contributed by atoms with Crippen LogP contribution in [0.2, 0.25) is 0 Å². The van der Waals surface area contributed by atoms with Gasteiger partial charge in [-0.3, -0.25) is 14.9 Å². The number of nitro groups is 1. The minimum atomic E-state index is -0.797. The van der Waals surface area contributed by atoms with E-state index in [4.69, 9.17) is 5.11 Å². The van der Waals surface area contributed by atoms with Crippen LogP contribution < -0.4 is 5.32 Å². The second kappa shape index (κ2) is 5.56. The molecule has 2 unspecified atom stereocenters. The lowest BCUT2D eigenvalue weighted by molar-refractivity contribution is -0.384. The third-order valence-electron chi connectivity index (χ3n) is 3.30. The van der Waals surface area contributed by atoms with Crippen molar-refractivity contribution >= 4 is 33.3 Å². The van der Waals surface area contributed by atoms with Crippen molar-refractivity contribution in [1.29, 1.82) is 0 Å². The largest absolute Gasteiger partial charge is 0.481 e. The Morgan fingerprint density at radius 3 is 2.79 bits per heavy atom. The van der Waals surface area contributed by atoms with Crippen molar-refractivity contribution in [2.45, 2.75) is 25.3 Å². The molecule has 0 amide bonds. The Morgan fingerprint density at radius 1 is 1.47 bits per heavy atom. The fraction of sp³-hybridized carbons (Fsp3) is 0.417. The lowest BCUT2D eigenvalue weighted by atomic mass is 10.1. The number of hydrogen-bond donors (Lipinski definition) is 2. The summed E-state index contributed by atoms with van der Waals surface area (Å²) in [6, 6.07) is 4.77. The number of carboxylic acids is 1. The van der Waals surface area contributed by atoms with Gasteiger partial charge in [-0.1, -0.05) is 15.9 Å². The molecule has 0 bridgehead atoms. The lowest BCUT2D eigenvalue weighted by Crippen LogP contribution is -2.18. The number of carboxylic acid groups (broad SMARTS) is 1. The summed E-state index contributed by atoms with van der Waals surface area (Å²) < 4.78 is 0.639. The summed E-state index contributed by atoms with van der Waals surface area (Å²) in [5, 5.41) is 23.0. The van der Waals surface area contributed by atoms with Gasteiger partial charge in [0.2, 0.25) is 0 Å². The molecule has 19 heavy (non-hydrogen) atoms. The molecule has 0 saturated heterocycles. The molecule has 2 atom stereocenters. The zero-order valence-electron chi connectivity index (χ0n) is 10.0. The molecular weight excluding hydrogens is 316 g/mol. The normalized spacial score (nSPS) is 22.2. The second-order valence-electron chi connectivity index (χ2n) is 4.61. The highest BCUT2D eigenvalue weighted by Gasteiger charge is 2.30. The number of nitrogens with one attached hydrogen (secondary N) is 1. The minimum Gasteiger partial charge on any atom is -0.481 e. The molecule has 1 saturated carbocycles. The Balaban J connectivity index is 2.12. The molecule has 0 radical (unpaired) electrons. The average molecular weight is 329 g/mol. The summed E-state index contributed by atoms with van der Waals surface area (Å²) in [5.41, 5.74) is 0.428. The fourth-order valence-electron chi connectivity index (χ4n) is 2.33. The Morgan fingerprint density at radius 2 is 2.21 bits per heavy atom. The van der Waals surface area contributed by atoms with E-state index in [1.165, 1.54) is 6.07 Å². The monoisotopic (exact) mass is 328 g/mol. The Kier molecular flexibility index (Phi) is 4.04. The maximum absolute atomic E-state index is 11.0. The summed E-state index contributed by atoms with van der Waals surface area (Å²) in [6.45, 7) is 0. The predicted molar refractivity (Wildman–Crippen MR) is 73.2 cm³/mol. The second-order valence-corrected chi connectivity index (χ2v) is 5.52. The van der Waals surface area contributed by atoms with Gasteiger partial charge >= 0.3 is 5.97 Å². The van der Waals surface area contributed by atoms with Gasteiger partial charge in [-0.15, -0.1) is 0 Å². The number of hydrogen-bond acceptors (Lipinski definition) is 4. The minimum absolute atomic E-state index is 0.00634. The molecular formula is C12H13BrN2O4. The fourth-order valence-corrected chi connectivity index (χ4v) is 2.68. The van der Waals surface area contributed by atoms with Gasteiger partial charge in [0.05, 0.1) is 10.8 Å². The molecule has 0 aromatic heterocycles. The maximum atomic E-state index is 11.0. The van der Waals surface area contributed by atoms with Crippen LogP contribution >= 0.6 is 15.9 Å². The van der Waals surface area contributed by atoms with Crippen LogP contribution in [0.25, 0.3) is 0 Å². The standard InChI is InChI=1S/C12H13BrN2O4/c13-8-2-4-10(11(6-8)15(18)19)14-9-3-1-7(5-9)12(16)17/h2,4,6-7,9,14H,1,3,5H2,(H,16,17). The topological polar surface area (TPSA) is 92.5 Å². The van der Waals surface area contributed by atoms with Crippen molar-refractivity contribution < 1.29 is 14.8 Å². The number of halogens is 1. The van der Waals surface area contributed by atoms with Gasteiger partial charge < -0.3 is 10.4 Å². The number of benzene rings is 1. The summed E-state index contributed by atoms with van der Waals surface area (Å²) in [5.74, 6) is -1.15. The van der Waals surface area contributed by atoms with E-state index >= 15 is 0 Å². The first kappa shape index (κ1) is 13.8. The van der Waals surface area contributed by atoms with E-state index in [1.54, 1.807) is 12.1 Å². The highest BCUT2D eigenvalue weighted by Crippen LogP contribution is 2.33. The van der Waals surface area contributed by atoms with Crippen LogP contribution in [0.3, 0.4) is 0 Å². The molecule has 0 spiro atoms. The van der Waals surface area contributed by atoms with Gasteiger partial charge in [-0.2, -0.15) is 0 Å². The SMILES string of the molecule is O=C(O)C1CCC(Nc2ccc(Br)cc2[N+](=O)[O-])C1. The van der Waals surface area contributed by atoms with Gasteiger partial charge in [0.1, 0.15) is 5.69 Å². The highest BCUT2D eigenvalue weighted by molar-refractivity contribution is 9.10. The summed E-state index contributed by atoms with van der Waals surface area (Å²) in [7, 11) is 0. The number of nitro benzene ring substituents is 1. The molecule has 2 N–H and O–H groups in total. The molecule has 1 aromatic rings. The molecule has 1 aromatic carbocycles. The molecule has 6 nitrogen and oxygen atoms in total. The van der Waals surface area contributed by atoms with E-state index in [1.807, 2.05) is 0 Å². The zero-order chi connectivity index (χ0) is 14.0. The van der Waals surface area contributed by atoms with E-state index in [9.17, 15) is 14.9 Å². The Labute approximate surface area is 118 Å². The number of carbonyl (C=O) groups is 1. The van der Waals surface area contributed by atoms with Crippen molar-refractivity contribution in [2.24, 2.45) is 5.92 Å². The van der Waals surface area contributed by atoms with Gasteiger partial charge in [0.15, 0.2) is 0 Å². The Hall–Kier alpha value is -1.63. The number of anilines is 1. The molecule has 1 aliphatic rings. The van der Waals surface area contributed by atoms with Crippen LogP contribution in [0.15, 0.2) is 22.7 Å². The van der Waals surface area contributed by atoms with Crippen LogP contribution in [0.5, 0.6) is 0 Å². The third kappa shape index (κ3) is 3.23. The Bertz CT molecular complexity index is 520. The van der Waals surface area contributed by atoms with Crippen molar-refractivity contribution in [1.82, 2.24) is 0 Å². The van der Waals surface area contributed by atoms with Crippen LogP contribution in [0.1, 0.15) is 19.3 Å². The van der Waals surface area contributed by atoms with E-state index in [0.29, 0.717) is 29.4 Å². The van der Waals surface area contributed by atoms with Crippen LogP contribution in [0.4, 0.5) is 11.4 Å². The smallest absolute Gasteiger partial charge is 0.306 e. The summed E-state index contributed by atoms with van der Waals surface area (Å²) >= 11 is 3.20. The molecule has 1 fully saturated rings. The molecule has 0 aliphatic heterocycles. The van der Waals surface area contributed by atoms with E-state index in [-0.39, 0.29) is 17.6 Å². The predicted octanol–water partition coefficient (Wildman–Crippen LogP) is 3.02. The van der Waals surface area contributed by atoms with Crippen LogP contribution in [-0.2, 0) is 4.79 Å². The first-order valence-corrected chi connectivity index (χ1v) is 6.70. The van der Waals surface area contributed by atoms with Crippen molar-refractivity contribution in [3.8, 4) is 0 Å². The first-order valence-electron chi connectivity index (χ1n) is 5.90. The molecule has 102 valence electrons. The van der Waals surface area contributed by atoms with Crippen molar-refractivity contribution in [3.05, 3.63) is 32.8 Å². The summed E-state index contributed by atoms with van der Waals surface area (Å²) in [6.07, 6.45) is 1.82. The van der Waals surface area contributed by atoms with E-state index in [0.717, 1.165) is 0 Å². The molecule has 2 rings (SSSR count). The number of nitrogens with zero attached hydrogens (tertiary/aromatic N) is 1. The lowest BCUT2D eigenvalue weighted by Gasteiger charge is -2.14. The molecule has 7 heteroatoms. The molecule has 0 heterocycles. The van der Waals surface area contributed by atoms with Crippen LogP contribution in [0, 0.1) is 16.0 Å². The van der Waals surface area contributed by atoms with Crippen molar-refractivity contribution in [2.75, 3.05) is 5.32 Å². The van der Waals surface area contributed by atoms with Gasteiger partial charge in [-0.05, 0) is 31.4 Å². The van der Waals surface area contributed by atoms with Crippen LogP contribution in [-0.4, -0.2) is 22.0 Å². The first-order chi connectivity index (χ1) is 8.97. The third-order valence-corrected chi connectivity index (χ3v) is 3.79. The van der Waals surface area contributed by atoms with E-state index in [2.05, 4.69) is 21.2 Å². The number of aliphatic carboxylic acids is 1. The molecule has 1 aliphatic carbocycles. The van der Waals surface area contributed by atoms with Crippen molar-refractivity contribution in [3.63, 3.8) is 0 Å². The van der Waals surface area contributed by atoms with Gasteiger partial charge in [-0.25, -0.2) is 0 Å². The zero-order valence-corrected chi connectivity index (χ0v) is 11.6. The number of rotatable bonds is 4. The van der Waals surface area contributed by atoms with Gasteiger partial charge in [0, 0.05) is 16.6 Å². The highest BCUT2D eigenvalue weighted by atomic mass is 79.9. The quantitative estimate of drug-likeness (QED) is 0.654.